The number of nitrogens with zero attached hydrogens (tertiary/aromatic N) is 1. The van der Waals surface area contributed by atoms with E-state index in [1.807, 2.05) is 25.7 Å². The van der Waals surface area contributed by atoms with E-state index in [-0.39, 0.29) is 24.3 Å². The zero-order chi connectivity index (χ0) is 20.0. The fourth-order valence-corrected chi connectivity index (χ4v) is 3.34. The smallest absolute Gasteiger partial charge is 0.307 e. The first-order valence-corrected chi connectivity index (χ1v) is 9.38. The van der Waals surface area contributed by atoms with E-state index in [0.717, 1.165) is 0 Å². The number of para-hydroxylation sites is 1. The number of benzene rings is 1. The fraction of sp³-hybridized carbons (Fsp3) is 0.550. The van der Waals surface area contributed by atoms with Gasteiger partial charge in [0.25, 0.3) is 5.91 Å². The van der Waals surface area contributed by atoms with Gasteiger partial charge in [0.15, 0.2) is 0 Å². The fourth-order valence-electron chi connectivity index (χ4n) is 3.34. The highest BCUT2D eigenvalue weighted by atomic mass is 16.4. The van der Waals surface area contributed by atoms with Crippen molar-refractivity contribution in [1.82, 2.24) is 10.2 Å². The number of carboxylic acids is 1. The molecule has 1 fully saturated rings. The van der Waals surface area contributed by atoms with Crippen LogP contribution in [0.2, 0.25) is 0 Å². The van der Waals surface area contributed by atoms with Gasteiger partial charge in [-0.2, -0.15) is 0 Å². The molecule has 1 aromatic carbocycles. The van der Waals surface area contributed by atoms with E-state index in [9.17, 15) is 19.5 Å². The molecule has 2 unspecified atom stereocenters. The summed E-state index contributed by atoms with van der Waals surface area (Å²) in [5.74, 6) is -1.19. The summed E-state index contributed by atoms with van der Waals surface area (Å²) < 4.78 is 0. The molecule has 1 saturated heterocycles. The summed E-state index contributed by atoms with van der Waals surface area (Å²) in [6, 6.07) is 6.89. The van der Waals surface area contributed by atoms with Crippen molar-refractivity contribution in [3.05, 3.63) is 29.8 Å². The van der Waals surface area contributed by atoms with Gasteiger partial charge in [-0.15, -0.1) is 0 Å². The van der Waals surface area contributed by atoms with Crippen molar-refractivity contribution in [2.75, 3.05) is 31.5 Å². The van der Waals surface area contributed by atoms with Crippen LogP contribution in [0.25, 0.3) is 0 Å². The van der Waals surface area contributed by atoms with Crippen molar-refractivity contribution in [1.29, 1.82) is 0 Å². The minimum Gasteiger partial charge on any atom is -0.481 e. The summed E-state index contributed by atoms with van der Waals surface area (Å²) in [6.07, 6.45) is 0.631. The summed E-state index contributed by atoms with van der Waals surface area (Å²) in [6.45, 7) is 7.74. The molecule has 0 radical (unpaired) electrons. The summed E-state index contributed by atoms with van der Waals surface area (Å²) in [7, 11) is 0. The Bertz CT molecular complexity index is 690. The number of carbonyl (C=O) groups is 3. The predicted octanol–water partition coefficient (Wildman–Crippen LogP) is 2.05. The van der Waals surface area contributed by atoms with E-state index in [4.69, 9.17) is 0 Å². The molecule has 27 heavy (non-hydrogen) atoms. The van der Waals surface area contributed by atoms with Crippen LogP contribution in [0.4, 0.5) is 5.69 Å². The monoisotopic (exact) mass is 375 g/mol. The molecule has 0 bridgehead atoms. The van der Waals surface area contributed by atoms with Crippen molar-refractivity contribution in [2.45, 2.75) is 27.2 Å². The number of anilines is 1. The van der Waals surface area contributed by atoms with Crippen molar-refractivity contribution < 1.29 is 19.5 Å². The molecule has 1 aliphatic rings. The molecule has 1 aliphatic heterocycles. The SMILES string of the molecule is CC(C)CNC(=O)c1ccccc1NC(=O)CN1CC(C)CC(C(=O)O)C1. The third kappa shape index (κ3) is 6.36. The molecule has 148 valence electrons. The van der Waals surface area contributed by atoms with Gasteiger partial charge in [-0.3, -0.25) is 19.3 Å². The first-order valence-electron chi connectivity index (χ1n) is 9.38. The number of likely N-dealkylation sites (tertiary alicyclic amines) is 1. The van der Waals surface area contributed by atoms with Crippen LogP contribution in [0.15, 0.2) is 24.3 Å². The molecule has 7 heteroatoms. The molecule has 0 spiro atoms. The van der Waals surface area contributed by atoms with Crippen LogP contribution in [-0.4, -0.2) is 54.0 Å². The highest BCUT2D eigenvalue weighted by molar-refractivity contribution is 6.04. The molecule has 0 saturated carbocycles. The molecule has 7 nitrogen and oxygen atoms in total. The number of hydrogen-bond acceptors (Lipinski definition) is 4. The van der Waals surface area contributed by atoms with Gasteiger partial charge in [0.1, 0.15) is 0 Å². The molecular formula is C20H29N3O4. The van der Waals surface area contributed by atoms with Crippen LogP contribution in [0.5, 0.6) is 0 Å². The molecule has 2 amide bonds. The molecular weight excluding hydrogens is 346 g/mol. The van der Waals surface area contributed by atoms with E-state index >= 15 is 0 Å². The normalized spacial score (nSPS) is 20.3. The van der Waals surface area contributed by atoms with E-state index in [1.54, 1.807) is 24.3 Å². The standard InChI is InChI=1S/C20H29N3O4/c1-13(2)9-21-19(25)16-6-4-5-7-17(16)22-18(24)12-23-10-14(3)8-15(11-23)20(26)27/h4-7,13-15H,8-12H2,1-3H3,(H,21,25)(H,22,24)(H,26,27). The minimum atomic E-state index is -0.820. The van der Waals surface area contributed by atoms with Crippen molar-refractivity contribution >= 4 is 23.5 Å². The Balaban J connectivity index is 1.99. The van der Waals surface area contributed by atoms with Crippen LogP contribution in [0.1, 0.15) is 37.6 Å². The van der Waals surface area contributed by atoms with Crippen LogP contribution in [-0.2, 0) is 9.59 Å². The lowest BCUT2D eigenvalue weighted by Gasteiger charge is -2.34. The lowest BCUT2D eigenvalue weighted by Crippen LogP contribution is -2.45. The van der Waals surface area contributed by atoms with Crippen LogP contribution >= 0.6 is 0 Å². The first-order chi connectivity index (χ1) is 12.8. The maximum atomic E-state index is 12.5. The molecule has 1 heterocycles. The van der Waals surface area contributed by atoms with E-state index in [2.05, 4.69) is 10.6 Å². The number of aliphatic carboxylic acids is 1. The van der Waals surface area contributed by atoms with Crippen LogP contribution < -0.4 is 10.6 Å². The predicted molar refractivity (Wildman–Crippen MR) is 104 cm³/mol. The first kappa shape index (κ1) is 20.9. The van der Waals surface area contributed by atoms with Crippen molar-refractivity contribution in [3.8, 4) is 0 Å². The summed E-state index contributed by atoms with van der Waals surface area (Å²) in [5.41, 5.74) is 0.880. The molecule has 1 aromatic rings. The Hall–Kier alpha value is -2.41. The van der Waals surface area contributed by atoms with Gasteiger partial charge in [0, 0.05) is 19.6 Å². The number of carbonyl (C=O) groups excluding carboxylic acids is 2. The van der Waals surface area contributed by atoms with Crippen LogP contribution in [0.3, 0.4) is 0 Å². The van der Waals surface area contributed by atoms with Gasteiger partial charge < -0.3 is 15.7 Å². The number of rotatable bonds is 7. The number of piperidine rings is 1. The second kappa shape index (κ2) is 9.50. The maximum Gasteiger partial charge on any atom is 0.307 e. The summed E-state index contributed by atoms with van der Waals surface area (Å²) >= 11 is 0. The number of amides is 2. The molecule has 2 atom stereocenters. The lowest BCUT2D eigenvalue weighted by atomic mass is 9.90. The molecule has 0 aromatic heterocycles. The average molecular weight is 375 g/mol. The largest absolute Gasteiger partial charge is 0.481 e. The third-order valence-corrected chi connectivity index (χ3v) is 4.57. The van der Waals surface area contributed by atoms with Crippen molar-refractivity contribution in [2.24, 2.45) is 17.8 Å². The Morgan fingerprint density at radius 1 is 1.22 bits per heavy atom. The van der Waals surface area contributed by atoms with E-state index in [1.165, 1.54) is 0 Å². The average Bonchev–Trinajstić information content (AvgIpc) is 2.59. The Kier molecular flexibility index (Phi) is 7.36. The van der Waals surface area contributed by atoms with E-state index < -0.39 is 11.9 Å². The van der Waals surface area contributed by atoms with Gasteiger partial charge >= 0.3 is 5.97 Å². The second-order valence-electron chi connectivity index (χ2n) is 7.77. The van der Waals surface area contributed by atoms with Gasteiger partial charge in [-0.25, -0.2) is 0 Å². The lowest BCUT2D eigenvalue weighted by molar-refractivity contribution is -0.144. The molecule has 3 N–H and O–H groups in total. The quantitative estimate of drug-likeness (QED) is 0.677. The maximum absolute atomic E-state index is 12.5. The number of carboxylic acid groups (broad SMARTS) is 1. The number of hydrogen-bond donors (Lipinski definition) is 3. The zero-order valence-corrected chi connectivity index (χ0v) is 16.2. The van der Waals surface area contributed by atoms with Gasteiger partial charge in [-0.05, 0) is 30.4 Å². The van der Waals surface area contributed by atoms with Crippen molar-refractivity contribution in [3.63, 3.8) is 0 Å². The summed E-state index contributed by atoms with van der Waals surface area (Å²) in [4.78, 5) is 38.0. The Labute approximate surface area is 160 Å². The third-order valence-electron chi connectivity index (χ3n) is 4.57. The molecule has 0 aliphatic carbocycles. The van der Waals surface area contributed by atoms with Gasteiger partial charge in [0.05, 0.1) is 23.7 Å². The molecule has 2 rings (SSSR count). The Morgan fingerprint density at radius 2 is 1.93 bits per heavy atom. The zero-order valence-electron chi connectivity index (χ0n) is 16.2. The minimum absolute atomic E-state index is 0.107. The van der Waals surface area contributed by atoms with Gasteiger partial charge in [-0.1, -0.05) is 32.9 Å². The highest BCUT2D eigenvalue weighted by Gasteiger charge is 2.30. The van der Waals surface area contributed by atoms with Gasteiger partial charge in [0.2, 0.25) is 5.91 Å². The van der Waals surface area contributed by atoms with E-state index in [0.29, 0.717) is 43.2 Å². The highest BCUT2D eigenvalue weighted by Crippen LogP contribution is 2.22. The van der Waals surface area contributed by atoms with Crippen LogP contribution in [0, 0.1) is 17.8 Å². The second-order valence-corrected chi connectivity index (χ2v) is 7.77. The summed E-state index contributed by atoms with van der Waals surface area (Å²) in [5, 5.41) is 14.9. The number of nitrogens with one attached hydrogen (secondary N) is 2. The Morgan fingerprint density at radius 3 is 2.59 bits per heavy atom. The topological polar surface area (TPSA) is 98.7 Å².